The average Bonchev–Trinajstić information content (AvgIpc) is 3.16. The first-order valence-electron chi connectivity index (χ1n) is 10.3. The number of aromatic nitrogens is 3. The summed E-state index contributed by atoms with van der Waals surface area (Å²) in [6.45, 7) is 6.55. The lowest BCUT2D eigenvalue weighted by Gasteiger charge is -2.17. The van der Waals surface area contributed by atoms with Gasteiger partial charge in [0.25, 0.3) is 5.69 Å². The fourth-order valence-electron chi connectivity index (χ4n) is 3.04. The Bertz CT molecular complexity index is 1120. The number of benzene rings is 2. The Morgan fingerprint density at radius 2 is 1.94 bits per heavy atom. The Kier molecular flexibility index (Phi) is 7.99. The topological polar surface area (TPSA) is 112 Å². The SMILES string of the molecule is CC(C)Cn1c(SCC(=O)Nc2cccc([N+](=O)[O-])c2)nnc1C(C)Oc1ccc(F)cc1. The van der Waals surface area contributed by atoms with Crippen LogP contribution in [0.4, 0.5) is 15.8 Å². The minimum Gasteiger partial charge on any atom is -0.483 e. The molecule has 0 saturated heterocycles. The summed E-state index contributed by atoms with van der Waals surface area (Å²) in [5, 5.41) is 22.6. The zero-order valence-electron chi connectivity index (χ0n) is 18.4. The molecule has 0 radical (unpaired) electrons. The van der Waals surface area contributed by atoms with Gasteiger partial charge in [-0.2, -0.15) is 0 Å². The summed E-state index contributed by atoms with van der Waals surface area (Å²) in [5.74, 6) is 0.766. The van der Waals surface area contributed by atoms with Crippen molar-refractivity contribution in [3.63, 3.8) is 0 Å². The third-order valence-electron chi connectivity index (χ3n) is 4.46. The predicted molar refractivity (Wildman–Crippen MR) is 123 cm³/mol. The molecule has 2 aromatic carbocycles. The minimum atomic E-state index is -0.518. The Morgan fingerprint density at radius 1 is 1.21 bits per heavy atom. The van der Waals surface area contributed by atoms with Crippen molar-refractivity contribution in [2.45, 2.75) is 38.6 Å². The van der Waals surface area contributed by atoms with Crippen molar-refractivity contribution in [2.24, 2.45) is 5.92 Å². The largest absolute Gasteiger partial charge is 0.483 e. The standard InChI is InChI=1S/C22H24FN5O4S/c1-14(2)12-27-21(15(3)32-19-9-7-16(23)8-10-19)25-26-22(27)33-13-20(29)24-17-5-4-6-18(11-17)28(30)31/h4-11,14-15H,12-13H2,1-3H3,(H,24,29). The van der Waals surface area contributed by atoms with Crippen LogP contribution in [0.15, 0.2) is 53.7 Å². The van der Waals surface area contributed by atoms with Crippen molar-refractivity contribution in [3.05, 3.63) is 70.3 Å². The van der Waals surface area contributed by atoms with Gasteiger partial charge in [-0.3, -0.25) is 14.9 Å². The number of hydrogen-bond acceptors (Lipinski definition) is 7. The van der Waals surface area contributed by atoms with Crippen LogP contribution in [0.2, 0.25) is 0 Å². The first kappa shape index (κ1) is 24.2. The number of halogens is 1. The highest BCUT2D eigenvalue weighted by molar-refractivity contribution is 7.99. The Labute approximate surface area is 194 Å². The highest BCUT2D eigenvalue weighted by Crippen LogP contribution is 2.26. The second kappa shape index (κ2) is 10.9. The van der Waals surface area contributed by atoms with Crippen molar-refractivity contribution in [2.75, 3.05) is 11.1 Å². The van der Waals surface area contributed by atoms with E-state index in [1.165, 1.54) is 42.1 Å². The van der Waals surface area contributed by atoms with E-state index in [0.717, 1.165) is 0 Å². The molecule has 3 rings (SSSR count). The molecule has 11 heteroatoms. The van der Waals surface area contributed by atoms with E-state index in [1.54, 1.807) is 18.2 Å². The van der Waals surface area contributed by atoms with Gasteiger partial charge in [0, 0.05) is 24.4 Å². The molecular weight excluding hydrogens is 449 g/mol. The molecule has 3 aromatic rings. The Balaban J connectivity index is 1.69. The number of thioether (sulfide) groups is 1. The second-order valence-electron chi connectivity index (χ2n) is 7.70. The number of amides is 1. The van der Waals surface area contributed by atoms with Crippen LogP contribution in [0.25, 0.3) is 0 Å². The van der Waals surface area contributed by atoms with Crippen molar-refractivity contribution in [1.82, 2.24) is 14.8 Å². The molecule has 1 amide bonds. The van der Waals surface area contributed by atoms with Crippen LogP contribution in [-0.2, 0) is 11.3 Å². The number of non-ortho nitro benzene ring substituents is 1. The molecule has 33 heavy (non-hydrogen) atoms. The van der Waals surface area contributed by atoms with E-state index in [4.69, 9.17) is 4.74 Å². The predicted octanol–water partition coefficient (Wildman–Crippen LogP) is 4.85. The van der Waals surface area contributed by atoms with Crippen LogP contribution in [-0.4, -0.2) is 31.3 Å². The molecule has 0 aliphatic heterocycles. The van der Waals surface area contributed by atoms with Crippen molar-refractivity contribution >= 4 is 29.0 Å². The van der Waals surface area contributed by atoms with Gasteiger partial charge in [0.15, 0.2) is 17.1 Å². The van der Waals surface area contributed by atoms with E-state index >= 15 is 0 Å². The zero-order valence-corrected chi connectivity index (χ0v) is 19.2. The number of nitrogens with one attached hydrogen (secondary N) is 1. The molecule has 0 saturated carbocycles. The van der Waals surface area contributed by atoms with Crippen LogP contribution < -0.4 is 10.1 Å². The summed E-state index contributed by atoms with van der Waals surface area (Å²) in [7, 11) is 0. The fourth-order valence-corrected chi connectivity index (χ4v) is 3.79. The molecule has 174 valence electrons. The van der Waals surface area contributed by atoms with Crippen LogP contribution in [0.1, 0.15) is 32.7 Å². The Hall–Kier alpha value is -3.47. The van der Waals surface area contributed by atoms with Gasteiger partial charge in [0.05, 0.1) is 10.7 Å². The lowest BCUT2D eigenvalue weighted by molar-refractivity contribution is -0.384. The monoisotopic (exact) mass is 473 g/mol. The van der Waals surface area contributed by atoms with Gasteiger partial charge in [-0.25, -0.2) is 4.39 Å². The second-order valence-corrected chi connectivity index (χ2v) is 8.65. The smallest absolute Gasteiger partial charge is 0.271 e. The third kappa shape index (κ3) is 6.75. The van der Waals surface area contributed by atoms with E-state index in [9.17, 15) is 19.3 Å². The Morgan fingerprint density at radius 3 is 2.61 bits per heavy atom. The quantitative estimate of drug-likeness (QED) is 0.254. The number of carbonyl (C=O) groups excluding carboxylic acids is 1. The van der Waals surface area contributed by atoms with Crippen molar-refractivity contribution < 1.29 is 18.8 Å². The molecule has 0 aliphatic carbocycles. The fraction of sp³-hybridized carbons (Fsp3) is 0.318. The summed E-state index contributed by atoms with van der Waals surface area (Å²) in [4.78, 5) is 22.8. The molecule has 1 N–H and O–H groups in total. The normalized spacial score (nSPS) is 11.9. The number of ether oxygens (including phenoxy) is 1. The van der Waals surface area contributed by atoms with E-state index in [-0.39, 0.29) is 29.1 Å². The maximum absolute atomic E-state index is 13.2. The number of rotatable bonds is 10. The minimum absolute atomic E-state index is 0.0477. The van der Waals surface area contributed by atoms with Crippen molar-refractivity contribution in [1.29, 1.82) is 0 Å². The highest BCUT2D eigenvalue weighted by atomic mass is 32.2. The third-order valence-corrected chi connectivity index (χ3v) is 5.42. The lowest BCUT2D eigenvalue weighted by Crippen LogP contribution is -2.17. The number of nitro benzene ring substituents is 1. The molecular formula is C22H24FN5O4S. The van der Waals surface area contributed by atoms with Gasteiger partial charge < -0.3 is 14.6 Å². The molecule has 1 atom stereocenters. The van der Waals surface area contributed by atoms with Crippen LogP contribution >= 0.6 is 11.8 Å². The highest BCUT2D eigenvalue weighted by Gasteiger charge is 2.21. The van der Waals surface area contributed by atoms with Gasteiger partial charge in [-0.1, -0.05) is 31.7 Å². The summed E-state index contributed by atoms with van der Waals surface area (Å²) in [6.07, 6.45) is -0.449. The summed E-state index contributed by atoms with van der Waals surface area (Å²) >= 11 is 1.21. The number of nitro groups is 1. The lowest BCUT2D eigenvalue weighted by atomic mass is 10.2. The molecule has 1 unspecified atom stereocenters. The maximum Gasteiger partial charge on any atom is 0.271 e. The van der Waals surface area contributed by atoms with E-state index in [0.29, 0.717) is 29.0 Å². The van der Waals surface area contributed by atoms with E-state index in [2.05, 4.69) is 29.4 Å². The average molecular weight is 474 g/mol. The number of nitrogens with zero attached hydrogens (tertiary/aromatic N) is 4. The number of anilines is 1. The summed E-state index contributed by atoms with van der Waals surface area (Å²) in [6, 6.07) is 11.5. The molecule has 0 aliphatic rings. The molecule has 0 bridgehead atoms. The van der Waals surface area contributed by atoms with Gasteiger partial charge in [0.1, 0.15) is 11.6 Å². The number of carbonyl (C=O) groups is 1. The van der Waals surface area contributed by atoms with Gasteiger partial charge in [-0.05, 0) is 43.2 Å². The molecule has 0 fully saturated rings. The van der Waals surface area contributed by atoms with E-state index < -0.39 is 11.0 Å². The van der Waals surface area contributed by atoms with Crippen LogP contribution in [0, 0.1) is 21.8 Å². The first-order chi connectivity index (χ1) is 15.7. The van der Waals surface area contributed by atoms with Gasteiger partial charge >= 0.3 is 0 Å². The van der Waals surface area contributed by atoms with Crippen LogP contribution in [0.5, 0.6) is 5.75 Å². The van der Waals surface area contributed by atoms with E-state index in [1.807, 2.05) is 11.5 Å². The molecule has 0 spiro atoms. The van der Waals surface area contributed by atoms with Gasteiger partial charge in [0.2, 0.25) is 5.91 Å². The van der Waals surface area contributed by atoms with Crippen LogP contribution in [0.3, 0.4) is 0 Å². The summed E-state index contributed by atoms with van der Waals surface area (Å²) < 4.78 is 21.0. The molecule has 9 nitrogen and oxygen atoms in total. The van der Waals surface area contributed by atoms with Gasteiger partial charge in [-0.15, -0.1) is 10.2 Å². The first-order valence-corrected chi connectivity index (χ1v) is 11.2. The molecule has 1 aromatic heterocycles. The molecule has 1 heterocycles. The maximum atomic E-state index is 13.2. The van der Waals surface area contributed by atoms with Crippen molar-refractivity contribution in [3.8, 4) is 5.75 Å². The zero-order chi connectivity index (χ0) is 24.0. The number of hydrogen-bond donors (Lipinski definition) is 1. The summed E-state index contributed by atoms with van der Waals surface area (Å²) in [5.41, 5.74) is 0.248.